The van der Waals surface area contributed by atoms with E-state index in [-0.39, 0.29) is 22.8 Å². The van der Waals surface area contributed by atoms with Gasteiger partial charge in [0.15, 0.2) is 11.5 Å². The van der Waals surface area contributed by atoms with Crippen LogP contribution >= 0.6 is 0 Å². The first-order valence-electron chi connectivity index (χ1n) is 8.35. The summed E-state index contributed by atoms with van der Waals surface area (Å²) in [7, 11) is 0. The Kier molecular flexibility index (Phi) is 4.21. The Hall–Kier alpha value is -3.46. The number of aromatic amines is 1. The van der Waals surface area contributed by atoms with E-state index < -0.39 is 0 Å². The lowest BCUT2D eigenvalue weighted by Crippen LogP contribution is -2.35. The minimum Gasteiger partial charge on any atom is -0.507 e. The summed E-state index contributed by atoms with van der Waals surface area (Å²) in [6, 6.07) is 2.42. The molecule has 3 heterocycles. The molecule has 0 fully saturated rings. The van der Waals surface area contributed by atoms with Gasteiger partial charge in [-0.15, -0.1) is 0 Å². The van der Waals surface area contributed by atoms with Gasteiger partial charge in [0, 0.05) is 50.1 Å². The van der Waals surface area contributed by atoms with Gasteiger partial charge in [-0.25, -0.2) is 15.0 Å². The number of nitrogens with one attached hydrogen (secondary N) is 1. The third-order valence-corrected chi connectivity index (χ3v) is 4.55. The zero-order valence-electron chi connectivity index (χ0n) is 14.3. The molecule has 0 unspecified atom stereocenters. The van der Waals surface area contributed by atoms with Crippen molar-refractivity contribution in [3.63, 3.8) is 0 Å². The number of benzene rings is 1. The van der Waals surface area contributed by atoms with Crippen LogP contribution < -0.4 is 5.56 Å². The molecule has 0 radical (unpaired) electrons. The van der Waals surface area contributed by atoms with Crippen molar-refractivity contribution in [3.05, 3.63) is 58.0 Å². The van der Waals surface area contributed by atoms with Crippen LogP contribution in [0.15, 0.2) is 35.6 Å². The molecule has 0 aliphatic carbocycles. The smallest absolute Gasteiger partial charge is 0.255 e. The van der Waals surface area contributed by atoms with E-state index in [0.717, 1.165) is 11.8 Å². The summed E-state index contributed by atoms with van der Waals surface area (Å²) >= 11 is 0. The van der Waals surface area contributed by atoms with E-state index in [1.165, 1.54) is 12.4 Å². The van der Waals surface area contributed by atoms with Gasteiger partial charge in [-0.3, -0.25) is 9.69 Å². The van der Waals surface area contributed by atoms with Crippen LogP contribution in [-0.4, -0.2) is 46.7 Å². The number of aromatic hydroxyl groups is 3. The normalized spacial score (nSPS) is 14.1. The van der Waals surface area contributed by atoms with Gasteiger partial charge in [0.25, 0.3) is 5.56 Å². The quantitative estimate of drug-likeness (QED) is 0.396. The Morgan fingerprint density at radius 2 is 1.81 bits per heavy atom. The third kappa shape index (κ3) is 3.32. The maximum atomic E-state index is 12.5. The number of hydrogen-bond donors (Lipinski definition) is 4. The molecule has 3 aromatic rings. The molecule has 0 saturated heterocycles. The van der Waals surface area contributed by atoms with Crippen molar-refractivity contribution in [2.24, 2.45) is 0 Å². The van der Waals surface area contributed by atoms with Gasteiger partial charge in [-0.1, -0.05) is 0 Å². The van der Waals surface area contributed by atoms with Crippen LogP contribution in [0, 0.1) is 0 Å². The Bertz CT molecular complexity index is 1050. The molecule has 0 saturated carbocycles. The summed E-state index contributed by atoms with van der Waals surface area (Å²) in [5.74, 6) is -0.343. The molecule has 27 heavy (non-hydrogen) atoms. The molecule has 0 atom stereocenters. The Morgan fingerprint density at radius 1 is 1.07 bits per heavy atom. The fraction of sp³-hybridized carbons (Fsp3) is 0.222. The highest BCUT2D eigenvalue weighted by Gasteiger charge is 2.23. The van der Waals surface area contributed by atoms with Crippen LogP contribution in [0.25, 0.3) is 11.4 Å². The number of nitrogens with zero attached hydrogens (tertiary/aromatic N) is 4. The molecule has 1 aliphatic heterocycles. The average Bonchev–Trinajstić information content (AvgIpc) is 2.67. The molecule has 0 spiro atoms. The SMILES string of the molecule is O=c1[nH]c(-c2cncnc2)nc2c1CN(Cc1cc(O)c(O)cc1O)CC2. The maximum absolute atomic E-state index is 12.5. The monoisotopic (exact) mass is 367 g/mol. The van der Waals surface area contributed by atoms with Crippen LogP contribution in [0.3, 0.4) is 0 Å². The van der Waals surface area contributed by atoms with Gasteiger partial charge in [0.1, 0.15) is 17.9 Å². The van der Waals surface area contributed by atoms with E-state index in [9.17, 15) is 20.1 Å². The molecule has 4 N–H and O–H groups in total. The Labute approximate surface area is 153 Å². The molecule has 1 aromatic carbocycles. The number of aromatic nitrogens is 4. The fourth-order valence-electron chi connectivity index (χ4n) is 3.15. The van der Waals surface area contributed by atoms with E-state index in [2.05, 4.69) is 19.9 Å². The molecule has 138 valence electrons. The van der Waals surface area contributed by atoms with Gasteiger partial charge < -0.3 is 20.3 Å². The first-order chi connectivity index (χ1) is 13.0. The number of H-pyrrole nitrogens is 1. The van der Waals surface area contributed by atoms with Crippen molar-refractivity contribution in [1.82, 2.24) is 24.8 Å². The summed E-state index contributed by atoms with van der Waals surface area (Å²) < 4.78 is 0. The molecular formula is C18H17N5O4. The molecular weight excluding hydrogens is 350 g/mol. The molecule has 0 amide bonds. The van der Waals surface area contributed by atoms with Crippen molar-refractivity contribution in [1.29, 1.82) is 0 Å². The van der Waals surface area contributed by atoms with E-state index in [1.807, 2.05) is 4.90 Å². The standard InChI is InChI=1S/C18H17N5O4/c24-14-4-16(26)15(25)3-10(14)7-23-2-1-13-12(8-23)18(27)22-17(21-13)11-5-19-9-20-6-11/h3-6,9,24-26H,1-2,7-8H2,(H,21,22,27). The highest BCUT2D eigenvalue weighted by Crippen LogP contribution is 2.33. The summed E-state index contributed by atoms with van der Waals surface area (Å²) in [5.41, 5.74) is 2.19. The van der Waals surface area contributed by atoms with Crippen LogP contribution in [0.4, 0.5) is 0 Å². The topological polar surface area (TPSA) is 135 Å². The van der Waals surface area contributed by atoms with Crippen LogP contribution in [0.2, 0.25) is 0 Å². The van der Waals surface area contributed by atoms with Gasteiger partial charge in [0.05, 0.1) is 16.8 Å². The second kappa shape index (κ2) is 6.69. The second-order valence-electron chi connectivity index (χ2n) is 6.40. The van der Waals surface area contributed by atoms with E-state index >= 15 is 0 Å². The van der Waals surface area contributed by atoms with Crippen LogP contribution in [-0.2, 0) is 19.5 Å². The summed E-state index contributed by atoms with van der Waals surface area (Å²) in [6.07, 6.45) is 5.17. The van der Waals surface area contributed by atoms with Gasteiger partial charge in [0.2, 0.25) is 0 Å². The average molecular weight is 367 g/mol. The van der Waals surface area contributed by atoms with E-state index in [1.54, 1.807) is 12.4 Å². The van der Waals surface area contributed by atoms with Crippen LogP contribution in [0.1, 0.15) is 16.8 Å². The number of rotatable bonds is 3. The molecule has 1 aliphatic rings. The molecule has 4 rings (SSSR count). The fourth-order valence-corrected chi connectivity index (χ4v) is 3.15. The first kappa shape index (κ1) is 17.0. The predicted molar refractivity (Wildman–Crippen MR) is 95.1 cm³/mol. The Balaban J connectivity index is 1.59. The molecule has 2 aromatic heterocycles. The first-order valence-corrected chi connectivity index (χ1v) is 8.35. The summed E-state index contributed by atoms with van der Waals surface area (Å²) in [5, 5.41) is 29.0. The minimum atomic E-state index is -0.377. The van der Waals surface area contributed by atoms with Crippen molar-refractivity contribution in [3.8, 4) is 28.6 Å². The zero-order chi connectivity index (χ0) is 19.0. The largest absolute Gasteiger partial charge is 0.507 e. The maximum Gasteiger partial charge on any atom is 0.255 e. The Morgan fingerprint density at radius 3 is 2.59 bits per heavy atom. The van der Waals surface area contributed by atoms with Crippen molar-refractivity contribution < 1.29 is 15.3 Å². The van der Waals surface area contributed by atoms with E-state index in [4.69, 9.17) is 0 Å². The lowest BCUT2D eigenvalue weighted by atomic mass is 10.0. The van der Waals surface area contributed by atoms with Gasteiger partial charge >= 0.3 is 0 Å². The lowest BCUT2D eigenvalue weighted by molar-refractivity contribution is 0.238. The number of phenolic OH excluding ortho intramolecular Hbond substituents is 3. The van der Waals surface area contributed by atoms with Crippen molar-refractivity contribution in [2.75, 3.05) is 6.54 Å². The number of fused-ring (bicyclic) bond motifs is 1. The second-order valence-corrected chi connectivity index (χ2v) is 6.40. The number of hydrogen-bond acceptors (Lipinski definition) is 8. The zero-order valence-corrected chi connectivity index (χ0v) is 14.3. The van der Waals surface area contributed by atoms with Crippen molar-refractivity contribution >= 4 is 0 Å². The molecule has 9 nitrogen and oxygen atoms in total. The van der Waals surface area contributed by atoms with Crippen molar-refractivity contribution in [2.45, 2.75) is 19.5 Å². The molecule has 9 heteroatoms. The summed E-state index contributed by atoms with van der Waals surface area (Å²) in [6.45, 7) is 1.33. The highest BCUT2D eigenvalue weighted by molar-refractivity contribution is 5.52. The third-order valence-electron chi connectivity index (χ3n) is 4.55. The lowest BCUT2D eigenvalue weighted by Gasteiger charge is -2.28. The predicted octanol–water partition coefficient (Wildman–Crippen LogP) is 0.902. The van der Waals surface area contributed by atoms with Gasteiger partial charge in [-0.05, 0) is 6.07 Å². The van der Waals surface area contributed by atoms with Crippen LogP contribution in [0.5, 0.6) is 17.2 Å². The van der Waals surface area contributed by atoms with Gasteiger partial charge in [-0.2, -0.15) is 0 Å². The highest BCUT2D eigenvalue weighted by atomic mass is 16.3. The minimum absolute atomic E-state index is 0.109. The van der Waals surface area contributed by atoms with E-state index in [0.29, 0.717) is 48.6 Å². The summed E-state index contributed by atoms with van der Waals surface area (Å²) in [4.78, 5) is 29.7. The number of phenols is 3. The molecule has 0 bridgehead atoms.